The molecule has 0 saturated carbocycles. The quantitative estimate of drug-likeness (QED) is 0.776. The molecule has 0 aromatic heterocycles. The number of rotatable bonds is 4. The van der Waals surface area contributed by atoms with Gasteiger partial charge in [0.05, 0.1) is 24.3 Å². The third-order valence-corrected chi connectivity index (χ3v) is 4.86. The Kier molecular flexibility index (Phi) is 5.37. The average molecular weight is 417 g/mol. The van der Waals surface area contributed by atoms with Crippen LogP contribution in [-0.4, -0.2) is 31.4 Å². The molecule has 6 nitrogen and oxygen atoms in total. The van der Waals surface area contributed by atoms with Crippen molar-refractivity contribution in [2.45, 2.75) is 6.42 Å². The number of esters is 1. The number of carbonyl (C=O) groups excluding carboxylic acids is 3. The lowest BCUT2D eigenvalue weighted by Gasteiger charge is -2.18. The van der Waals surface area contributed by atoms with E-state index in [4.69, 9.17) is 0 Å². The van der Waals surface area contributed by atoms with E-state index in [-0.39, 0.29) is 18.2 Å². The van der Waals surface area contributed by atoms with Crippen molar-refractivity contribution in [2.75, 3.05) is 23.9 Å². The largest absolute Gasteiger partial charge is 0.465 e. The maximum absolute atomic E-state index is 12.6. The van der Waals surface area contributed by atoms with Gasteiger partial charge in [-0.2, -0.15) is 0 Å². The van der Waals surface area contributed by atoms with E-state index >= 15 is 0 Å². The van der Waals surface area contributed by atoms with Crippen LogP contribution in [0.25, 0.3) is 0 Å². The van der Waals surface area contributed by atoms with E-state index in [9.17, 15) is 14.4 Å². The second kappa shape index (κ2) is 7.70. The Labute approximate surface area is 159 Å². The second-order valence-electron chi connectivity index (χ2n) is 5.92. The van der Waals surface area contributed by atoms with Crippen molar-refractivity contribution in [3.63, 3.8) is 0 Å². The third kappa shape index (κ3) is 3.77. The first kappa shape index (κ1) is 18.1. The molecule has 0 spiro atoms. The van der Waals surface area contributed by atoms with Gasteiger partial charge in [0.1, 0.15) is 0 Å². The lowest BCUT2D eigenvalue weighted by Crippen LogP contribution is -2.28. The fraction of sp³-hybridized carbons (Fsp3) is 0.211. The summed E-state index contributed by atoms with van der Waals surface area (Å²) in [6, 6.07) is 13.9. The van der Waals surface area contributed by atoms with Gasteiger partial charge in [-0.15, -0.1) is 0 Å². The number of methoxy groups -OCH3 is 1. The Balaban J connectivity index is 1.71. The number of hydrogen-bond acceptors (Lipinski definition) is 4. The summed E-state index contributed by atoms with van der Waals surface area (Å²) < 4.78 is 5.48. The number of halogens is 1. The van der Waals surface area contributed by atoms with Crippen molar-refractivity contribution < 1.29 is 19.1 Å². The van der Waals surface area contributed by atoms with Gasteiger partial charge in [-0.1, -0.05) is 18.2 Å². The molecule has 7 heteroatoms. The number of nitrogens with zero attached hydrogens (tertiary/aromatic N) is 1. The van der Waals surface area contributed by atoms with E-state index < -0.39 is 11.9 Å². The van der Waals surface area contributed by atoms with Crippen LogP contribution in [0.2, 0.25) is 0 Å². The van der Waals surface area contributed by atoms with Crippen LogP contribution in [0.1, 0.15) is 16.8 Å². The molecule has 1 heterocycles. The number of benzene rings is 2. The SMILES string of the molecule is COC(=O)c1cccc(NC(=O)[C@H]2CC(=O)N(c3ccccc3Br)C2)c1. The minimum atomic E-state index is -0.475. The molecule has 2 aromatic rings. The molecule has 0 radical (unpaired) electrons. The standard InChI is InChI=1S/C19H17BrN2O4/c1-26-19(25)12-5-4-6-14(9-12)21-18(24)13-10-17(23)22(11-13)16-8-3-2-7-15(16)20/h2-9,13H,10-11H2,1H3,(H,21,24)/t13-/m0/s1. The highest BCUT2D eigenvalue weighted by Gasteiger charge is 2.35. The van der Waals surface area contributed by atoms with Crippen LogP contribution in [0.4, 0.5) is 11.4 Å². The highest BCUT2D eigenvalue weighted by molar-refractivity contribution is 9.10. The van der Waals surface area contributed by atoms with E-state index in [1.165, 1.54) is 7.11 Å². The van der Waals surface area contributed by atoms with Crippen LogP contribution in [-0.2, 0) is 14.3 Å². The molecule has 1 aliphatic rings. The fourth-order valence-electron chi connectivity index (χ4n) is 2.87. The number of anilines is 2. The topological polar surface area (TPSA) is 75.7 Å². The van der Waals surface area contributed by atoms with Crippen LogP contribution < -0.4 is 10.2 Å². The molecule has 1 fully saturated rings. The van der Waals surface area contributed by atoms with Gasteiger partial charge in [0, 0.05) is 23.1 Å². The minimum absolute atomic E-state index is 0.0969. The van der Waals surface area contributed by atoms with Crippen LogP contribution in [0.5, 0.6) is 0 Å². The molecule has 2 amide bonds. The van der Waals surface area contributed by atoms with E-state index in [1.54, 1.807) is 29.2 Å². The molecular weight excluding hydrogens is 400 g/mol. The molecule has 26 heavy (non-hydrogen) atoms. The smallest absolute Gasteiger partial charge is 0.337 e. The first-order valence-corrected chi connectivity index (χ1v) is 8.83. The first-order chi connectivity index (χ1) is 12.5. The maximum Gasteiger partial charge on any atom is 0.337 e. The number of ether oxygens (including phenoxy) is 1. The Morgan fingerprint density at radius 3 is 2.69 bits per heavy atom. The predicted octanol–water partition coefficient (Wildman–Crippen LogP) is 3.23. The first-order valence-electron chi connectivity index (χ1n) is 8.03. The Bertz CT molecular complexity index is 868. The molecule has 134 valence electrons. The fourth-order valence-corrected chi connectivity index (χ4v) is 3.37. The van der Waals surface area contributed by atoms with Crippen LogP contribution >= 0.6 is 15.9 Å². The van der Waals surface area contributed by atoms with Crippen LogP contribution in [0.15, 0.2) is 53.0 Å². The summed E-state index contributed by atoms with van der Waals surface area (Å²) >= 11 is 3.43. The number of para-hydroxylation sites is 1. The molecule has 2 aromatic carbocycles. The summed E-state index contributed by atoms with van der Waals surface area (Å²) in [6.07, 6.45) is 0.143. The van der Waals surface area contributed by atoms with Gasteiger partial charge in [0.25, 0.3) is 0 Å². The number of nitrogens with one attached hydrogen (secondary N) is 1. The highest BCUT2D eigenvalue weighted by Crippen LogP contribution is 2.31. The monoisotopic (exact) mass is 416 g/mol. The summed E-state index contributed by atoms with van der Waals surface area (Å²) in [5.41, 5.74) is 1.59. The summed E-state index contributed by atoms with van der Waals surface area (Å²) in [4.78, 5) is 38.1. The molecule has 0 bridgehead atoms. The predicted molar refractivity (Wildman–Crippen MR) is 101 cm³/mol. The van der Waals surface area contributed by atoms with Gasteiger partial charge in [-0.3, -0.25) is 9.59 Å². The normalized spacial score (nSPS) is 16.5. The minimum Gasteiger partial charge on any atom is -0.465 e. The zero-order chi connectivity index (χ0) is 18.7. The van der Waals surface area contributed by atoms with Gasteiger partial charge >= 0.3 is 5.97 Å². The van der Waals surface area contributed by atoms with Crippen molar-refractivity contribution in [2.24, 2.45) is 5.92 Å². The van der Waals surface area contributed by atoms with E-state index in [0.717, 1.165) is 10.2 Å². The molecule has 0 aliphatic carbocycles. The zero-order valence-corrected chi connectivity index (χ0v) is 15.7. The number of hydrogen-bond donors (Lipinski definition) is 1. The van der Waals surface area contributed by atoms with Gasteiger partial charge in [-0.25, -0.2) is 4.79 Å². The summed E-state index contributed by atoms with van der Waals surface area (Å²) in [5.74, 6) is -1.29. The van der Waals surface area contributed by atoms with Gasteiger partial charge in [0.15, 0.2) is 0 Å². The van der Waals surface area contributed by atoms with Gasteiger partial charge in [-0.05, 0) is 46.3 Å². The molecule has 1 atom stereocenters. The highest BCUT2D eigenvalue weighted by atomic mass is 79.9. The van der Waals surface area contributed by atoms with Gasteiger partial charge in [0.2, 0.25) is 11.8 Å². The van der Waals surface area contributed by atoms with Gasteiger partial charge < -0.3 is 15.0 Å². The lowest BCUT2D eigenvalue weighted by molar-refractivity contribution is -0.122. The number of carbonyl (C=O) groups is 3. The van der Waals surface area contributed by atoms with E-state index in [2.05, 4.69) is 26.0 Å². The third-order valence-electron chi connectivity index (χ3n) is 4.19. The summed E-state index contributed by atoms with van der Waals surface area (Å²) in [6.45, 7) is 0.309. The Morgan fingerprint density at radius 1 is 1.19 bits per heavy atom. The number of amides is 2. The van der Waals surface area contributed by atoms with Crippen molar-refractivity contribution in [1.29, 1.82) is 0 Å². The van der Waals surface area contributed by atoms with Crippen molar-refractivity contribution >= 4 is 45.1 Å². The van der Waals surface area contributed by atoms with Crippen molar-refractivity contribution in [1.82, 2.24) is 0 Å². The zero-order valence-electron chi connectivity index (χ0n) is 14.1. The maximum atomic E-state index is 12.6. The van der Waals surface area contributed by atoms with Crippen molar-refractivity contribution in [3.8, 4) is 0 Å². The second-order valence-corrected chi connectivity index (χ2v) is 6.77. The molecular formula is C19H17BrN2O4. The summed E-state index contributed by atoms with van der Waals surface area (Å²) in [7, 11) is 1.30. The lowest BCUT2D eigenvalue weighted by atomic mass is 10.1. The Hall–Kier alpha value is -2.67. The van der Waals surface area contributed by atoms with E-state index in [1.807, 2.05) is 24.3 Å². The average Bonchev–Trinajstić information content (AvgIpc) is 3.03. The van der Waals surface area contributed by atoms with E-state index in [0.29, 0.717) is 17.8 Å². The summed E-state index contributed by atoms with van der Waals surface area (Å²) in [5, 5.41) is 2.77. The Morgan fingerprint density at radius 2 is 1.96 bits per heavy atom. The van der Waals surface area contributed by atoms with Crippen LogP contribution in [0.3, 0.4) is 0 Å². The van der Waals surface area contributed by atoms with Crippen LogP contribution in [0, 0.1) is 5.92 Å². The molecule has 1 N–H and O–H groups in total. The van der Waals surface area contributed by atoms with Crippen molar-refractivity contribution in [3.05, 3.63) is 58.6 Å². The molecule has 1 aliphatic heterocycles. The molecule has 1 saturated heterocycles. The molecule has 3 rings (SSSR count). The molecule has 0 unspecified atom stereocenters.